The summed E-state index contributed by atoms with van der Waals surface area (Å²) in [7, 11) is 7.76. The standard InChI is InChI=1S/C18H25N3O5.BHS/c1-4-6-15(18(26)19-11-22)21(12-23)14-8-5-7-13(9-10-16(24)25)17(14)20(2)3;1-2/h5,7-8,11-12,15H,4,6,9-10H2,1-3H3,(H,24,25)(H,19,22,26);2H. The van der Waals surface area contributed by atoms with Gasteiger partial charge in [-0.15, -0.1) is 0 Å². The van der Waals surface area contributed by atoms with E-state index in [1.807, 2.05) is 6.92 Å². The van der Waals surface area contributed by atoms with Crippen molar-refractivity contribution in [3.8, 4) is 0 Å². The third-order valence-corrected chi connectivity index (χ3v) is 3.95. The number of benzene rings is 1. The normalized spacial score (nSPS) is 10.7. The maximum atomic E-state index is 12.3. The van der Waals surface area contributed by atoms with E-state index >= 15 is 0 Å². The maximum absolute atomic E-state index is 12.3. The minimum atomic E-state index is -0.915. The smallest absolute Gasteiger partial charge is 0.303 e. The number of carbonyl (C=O) groups is 4. The Hall–Kier alpha value is -2.49. The minimum absolute atomic E-state index is 0.0462. The summed E-state index contributed by atoms with van der Waals surface area (Å²) in [5.41, 5.74) is 1.92. The highest BCUT2D eigenvalue weighted by atomic mass is 32.1. The van der Waals surface area contributed by atoms with E-state index in [9.17, 15) is 19.2 Å². The number of rotatable bonds is 11. The van der Waals surface area contributed by atoms with Crippen molar-refractivity contribution in [3.63, 3.8) is 0 Å². The molecule has 0 aromatic heterocycles. The quantitative estimate of drug-likeness (QED) is 0.289. The van der Waals surface area contributed by atoms with Crippen LogP contribution >= 0.6 is 12.5 Å². The summed E-state index contributed by atoms with van der Waals surface area (Å²) >= 11 is 3.03. The monoisotopic (exact) mass is 407 g/mol. The van der Waals surface area contributed by atoms with Gasteiger partial charge in [-0.1, -0.05) is 25.5 Å². The number of carboxylic acids is 1. The number of nitrogens with zero attached hydrogens (tertiary/aromatic N) is 2. The molecule has 0 spiro atoms. The highest BCUT2D eigenvalue weighted by Crippen LogP contribution is 2.34. The van der Waals surface area contributed by atoms with Crippen LogP contribution < -0.4 is 15.1 Å². The zero-order valence-electron chi connectivity index (χ0n) is 16.3. The number of anilines is 2. The lowest BCUT2D eigenvalue weighted by Gasteiger charge is -2.31. The molecule has 0 heterocycles. The zero-order valence-corrected chi connectivity index (χ0v) is 17.2. The van der Waals surface area contributed by atoms with Gasteiger partial charge < -0.3 is 14.9 Å². The highest BCUT2D eigenvalue weighted by Gasteiger charge is 2.28. The average Bonchev–Trinajstić information content (AvgIpc) is 2.67. The summed E-state index contributed by atoms with van der Waals surface area (Å²) in [5.74, 6) is -1.48. The Morgan fingerprint density at radius 2 is 1.93 bits per heavy atom. The van der Waals surface area contributed by atoms with E-state index in [4.69, 9.17) is 5.11 Å². The van der Waals surface area contributed by atoms with Gasteiger partial charge in [-0.05, 0) is 24.5 Å². The summed E-state index contributed by atoms with van der Waals surface area (Å²) in [6.45, 7) is 1.88. The Morgan fingerprint density at radius 3 is 2.39 bits per heavy atom. The molecule has 152 valence electrons. The molecule has 0 aliphatic carbocycles. The van der Waals surface area contributed by atoms with Crippen LogP contribution in [0.1, 0.15) is 31.7 Å². The van der Waals surface area contributed by atoms with Gasteiger partial charge in [-0.25, -0.2) is 12.5 Å². The molecule has 1 atom stereocenters. The Kier molecular flexibility index (Phi) is 12.4. The summed E-state index contributed by atoms with van der Waals surface area (Å²) in [6.07, 6.45) is 2.12. The Bertz CT molecular complexity index is 673. The fourth-order valence-corrected chi connectivity index (χ4v) is 2.87. The van der Waals surface area contributed by atoms with Crippen molar-refractivity contribution in [2.75, 3.05) is 23.9 Å². The van der Waals surface area contributed by atoms with Crippen molar-refractivity contribution in [1.82, 2.24) is 5.32 Å². The first-order valence-corrected chi connectivity index (χ1v) is 9.13. The number of hydrogen-bond acceptors (Lipinski definition) is 6. The fourth-order valence-electron chi connectivity index (χ4n) is 2.87. The first kappa shape index (κ1) is 25.5. The summed E-state index contributed by atoms with van der Waals surface area (Å²) in [4.78, 5) is 48.7. The number of carboxylic acid groups (broad SMARTS) is 1. The molecule has 0 aliphatic heterocycles. The van der Waals surface area contributed by atoms with Gasteiger partial charge in [0.2, 0.25) is 18.7 Å². The van der Waals surface area contributed by atoms with Crippen LogP contribution in [0.5, 0.6) is 0 Å². The van der Waals surface area contributed by atoms with E-state index in [-0.39, 0.29) is 6.42 Å². The third kappa shape index (κ3) is 7.26. The molecule has 2 radical (unpaired) electrons. The second-order valence-corrected chi connectivity index (χ2v) is 6.02. The van der Waals surface area contributed by atoms with Crippen molar-refractivity contribution in [3.05, 3.63) is 23.8 Å². The van der Waals surface area contributed by atoms with Crippen LogP contribution in [0.2, 0.25) is 0 Å². The number of aliphatic carboxylic acids is 1. The molecular formula is C18H26BN3O5S. The number of carbonyl (C=O) groups excluding carboxylic acids is 3. The summed E-state index contributed by atoms with van der Waals surface area (Å²) in [6, 6.07) is 4.38. The summed E-state index contributed by atoms with van der Waals surface area (Å²) < 4.78 is 0. The summed E-state index contributed by atoms with van der Waals surface area (Å²) in [5, 5.41) is 11.1. The second-order valence-electron chi connectivity index (χ2n) is 6.02. The zero-order chi connectivity index (χ0) is 21.7. The van der Waals surface area contributed by atoms with Gasteiger partial charge in [0.25, 0.3) is 0 Å². The van der Waals surface area contributed by atoms with Crippen molar-refractivity contribution in [1.29, 1.82) is 0 Å². The van der Waals surface area contributed by atoms with Crippen LogP contribution in [0.25, 0.3) is 0 Å². The largest absolute Gasteiger partial charge is 0.481 e. The van der Waals surface area contributed by atoms with E-state index in [0.29, 0.717) is 43.5 Å². The van der Waals surface area contributed by atoms with Crippen LogP contribution in [0, 0.1) is 0 Å². The first-order valence-electron chi connectivity index (χ1n) is 8.61. The second kappa shape index (κ2) is 13.6. The first-order chi connectivity index (χ1) is 13.4. The Morgan fingerprint density at radius 1 is 1.29 bits per heavy atom. The number of amides is 3. The molecule has 1 unspecified atom stereocenters. The molecule has 10 heteroatoms. The molecular weight excluding hydrogens is 381 g/mol. The molecule has 1 aromatic carbocycles. The van der Waals surface area contributed by atoms with Crippen LogP contribution in [-0.4, -0.2) is 57.1 Å². The van der Waals surface area contributed by atoms with E-state index in [2.05, 4.69) is 24.9 Å². The molecule has 3 amide bonds. The number of thiol groups is 1. The number of imide groups is 1. The van der Waals surface area contributed by atoms with Crippen molar-refractivity contribution < 1.29 is 24.3 Å². The van der Waals surface area contributed by atoms with E-state index in [1.54, 1.807) is 37.2 Å². The van der Waals surface area contributed by atoms with Crippen LogP contribution in [-0.2, 0) is 25.6 Å². The van der Waals surface area contributed by atoms with Gasteiger partial charge in [0.05, 0.1) is 11.4 Å². The Labute approximate surface area is 172 Å². The van der Waals surface area contributed by atoms with Crippen LogP contribution in [0.15, 0.2) is 18.2 Å². The predicted octanol–water partition coefficient (Wildman–Crippen LogP) is 1.17. The molecule has 0 saturated carbocycles. The lowest BCUT2D eigenvalue weighted by Crippen LogP contribution is -2.46. The topological polar surface area (TPSA) is 107 Å². The van der Waals surface area contributed by atoms with Crippen molar-refractivity contribution in [2.45, 2.75) is 38.6 Å². The predicted molar refractivity (Wildman–Crippen MR) is 113 cm³/mol. The minimum Gasteiger partial charge on any atom is -0.481 e. The maximum Gasteiger partial charge on any atom is 0.303 e. The van der Waals surface area contributed by atoms with E-state index in [1.165, 1.54) is 4.90 Å². The SMILES string of the molecule is CCCC(C(=O)NC=O)N(C=O)c1cccc(CCC(=O)O)c1N(C)C.[B]S. The lowest BCUT2D eigenvalue weighted by atomic mass is 10.0. The third-order valence-electron chi connectivity index (χ3n) is 3.95. The molecule has 0 aliphatic rings. The van der Waals surface area contributed by atoms with Gasteiger partial charge in [-0.3, -0.25) is 24.5 Å². The molecule has 2 N–H and O–H groups in total. The number of para-hydroxylation sites is 1. The molecule has 28 heavy (non-hydrogen) atoms. The van der Waals surface area contributed by atoms with Gasteiger partial charge in [0.1, 0.15) is 6.04 Å². The van der Waals surface area contributed by atoms with Gasteiger partial charge in [0, 0.05) is 20.5 Å². The number of nitrogens with one attached hydrogen (secondary N) is 1. The van der Waals surface area contributed by atoms with E-state index < -0.39 is 17.9 Å². The fraction of sp³-hybridized carbons (Fsp3) is 0.444. The Balaban J connectivity index is 0.00000352. The van der Waals surface area contributed by atoms with E-state index in [0.717, 1.165) is 5.56 Å². The van der Waals surface area contributed by atoms with Crippen molar-refractivity contribution >= 4 is 55.7 Å². The van der Waals surface area contributed by atoms with Gasteiger partial charge in [0.15, 0.2) is 7.12 Å². The molecule has 8 nitrogen and oxygen atoms in total. The average molecular weight is 407 g/mol. The van der Waals surface area contributed by atoms with Crippen LogP contribution in [0.3, 0.4) is 0 Å². The van der Waals surface area contributed by atoms with Crippen molar-refractivity contribution in [2.24, 2.45) is 0 Å². The molecule has 0 saturated heterocycles. The van der Waals surface area contributed by atoms with Gasteiger partial charge in [-0.2, -0.15) is 0 Å². The molecule has 0 fully saturated rings. The number of aryl methyl sites for hydroxylation is 1. The molecule has 1 rings (SSSR count). The molecule has 1 aromatic rings. The van der Waals surface area contributed by atoms with Crippen LogP contribution in [0.4, 0.5) is 11.4 Å². The number of hydrogen-bond donors (Lipinski definition) is 3. The lowest BCUT2D eigenvalue weighted by molar-refractivity contribution is -0.137. The highest BCUT2D eigenvalue weighted by molar-refractivity contribution is 8.03. The molecule has 0 bridgehead atoms. The van der Waals surface area contributed by atoms with Gasteiger partial charge >= 0.3 is 5.97 Å².